The highest BCUT2D eigenvalue weighted by Gasteiger charge is 2.11. The van der Waals surface area contributed by atoms with Gasteiger partial charge in [-0.05, 0) is 44.2 Å². The van der Waals surface area contributed by atoms with Gasteiger partial charge in [0.1, 0.15) is 5.01 Å². The van der Waals surface area contributed by atoms with Crippen LogP contribution in [0.4, 0.5) is 0 Å². The van der Waals surface area contributed by atoms with Gasteiger partial charge < -0.3 is 5.32 Å². The zero-order valence-corrected chi connectivity index (χ0v) is 16.1. The highest BCUT2D eigenvalue weighted by atomic mass is 32.2. The Balaban J connectivity index is 1.56. The number of thiazole rings is 1. The van der Waals surface area contributed by atoms with Gasteiger partial charge in [0, 0.05) is 17.8 Å². The maximum Gasteiger partial charge on any atom is 0.220 e. The Labute approximate surface area is 155 Å². The minimum atomic E-state index is 0.0204. The van der Waals surface area contributed by atoms with Crippen LogP contribution in [0.2, 0.25) is 0 Å². The van der Waals surface area contributed by atoms with Crippen molar-refractivity contribution in [2.45, 2.75) is 38.4 Å². The first-order valence-corrected chi connectivity index (χ1v) is 10.1. The molecule has 3 aromatic rings. The van der Waals surface area contributed by atoms with Crippen LogP contribution in [0, 0.1) is 13.8 Å². The van der Waals surface area contributed by atoms with Crippen molar-refractivity contribution in [1.82, 2.24) is 20.3 Å². The van der Waals surface area contributed by atoms with Crippen LogP contribution in [-0.4, -0.2) is 27.1 Å². The van der Waals surface area contributed by atoms with E-state index in [0.717, 1.165) is 37.3 Å². The number of carbonyl (C=O) groups is 1. The molecule has 3 rings (SSSR count). The minimum absolute atomic E-state index is 0.0204. The Hall–Kier alpha value is -1.99. The predicted molar refractivity (Wildman–Crippen MR) is 103 cm³/mol. The number of hydrogen-bond donors (Lipinski definition) is 1. The van der Waals surface area contributed by atoms with E-state index in [4.69, 9.17) is 0 Å². The molecule has 0 radical (unpaired) electrons. The molecule has 2 aromatic heterocycles. The molecule has 0 aliphatic rings. The summed E-state index contributed by atoms with van der Waals surface area (Å²) in [6.45, 7) is 4.42. The lowest BCUT2D eigenvalue weighted by Gasteiger charge is -2.10. The summed E-state index contributed by atoms with van der Waals surface area (Å²) in [7, 11) is 0. The third kappa shape index (κ3) is 4.35. The van der Waals surface area contributed by atoms with Gasteiger partial charge in [-0.1, -0.05) is 23.9 Å². The lowest BCUT2D eigenvalue weighted by Crippen LogP contribution is -2.23. The van der Waals surface area contributed by atoms with Crippen LogP contribution >= 0.6 is 23.1 Å². The lowest BCUT2D eigenvalue weighted by atomic mass is 10.1. The molecular formula is C18H20N4OS2. The van der Waals surface area contributed by atoms with Crippen molar-refractivity contribution in [2.75, 3.05) is 6.26 Å². The third-order valence-electron chi connectivity index (χ3n) is 3.96. The number of rotatable bonds is 6. The first-order chi connectivity index (χ1) is 12.1. The monoisotopic (exact) mass is 372 g/mol. The van der Waals surface area contributed by atoms with Gasteiger partial charge >= 0.3 is 0 Å². The molecule has 130 valence electrons. The number of fused-ring (bicyclic) bond motifs is 1. The van der Waals surface area contributed by atoms with Crippen LogP contribution in [0.1, 0.15) is 28.4 Å². The normalized spacial score (nSPS) is 11.0. The van der Waals surface area contributed by atoms with Crippen LogP contribution in [0.15, 0.2) is 29.4 Å². The second kappa shape index (κ2) is 7.93. The molecule has 7 heteroatoms. The highest BCUT2D eigenvalue weighted by molar-refractivity contribution is 7.98. The fraction of sp³-hybridized carbons (Fsp3) is 0.333. The Morgan fingerprint density at radius 3 is 2.56 bits per heavy atom. The maximum absolute atomic E-state index is 12.2. The number of aromatic nitrogens is 3. The molecule has 0 aliphatic heterocycles. The Morgan fingerprint density at radius 1 is 1.16 bits per heavy atom. The molecule has 0 saturated heterocycles. The number of benzene rings is 1. The number of hydrogen-bond acceptors (Lipinski definition) is 6. The van der Waals surface area contributed by atoms with Crippen molar-refractivity contribution >= 4 is 39.2 Å². The summed E-state index contributed by atoms with van der Waals surface area (Å²) in [6.07, 6.45) is 3.04. The summed E-state index contributed by atoms with van der Waals surface area (Å²) < 4.78 is 1.14. The number of para-hydroxylation sites is 1. The van der Waals surface area contributed by atoms with E-state index in [-0.39, 0.29) is 5.91 Å². The fourth-order valence-corrected chi connectivity index (χ4v) is 4.02. The summed E-state index contributed by atoms with van der Waals surface area (Å²) >= 11 is 3.14. The summed E-state index contributed by atoms with van der Waals surface area (Å²) in [5.41, 5.74) is 3.95. The topological polar surface area (TPSA) is 67.8 Å². The van der Waals surface area contributed by atoms with Crippen molar-refractivity contribution < 1.29 is 4.79 Å². The molecule has 5 nitrogen and oxygen atoms in total. The molecule has 25 heavy (non-hydrogen) atoms. The van der Waals surface area contributed by atoms with E-state index in [1.165, 1.54) is 11.8 Å². The van der Waals surface area contributed by atoms with E-state index in [0.29, 0.717) is 19.4 Å². The summed E-state index contributed by atoms with van der Waals surface area (Å²) in [5, 5.41) is 4.66. The van der Waals surface area contributed by atoms with Crippen molar-refractivity contribution in [3.63, 3.8) is 0 Å². The number of aryl methyl sites for hydroxylation is 2. The Bertz CT molecular complexity index is 851. The third-order valence-corrected chi connectivity index (χ3v) is 5.54. The zero-order valence-electron chi connectivity index (χ0n) is 14.5. The molecule has 0 fully saturated rings. The van der Waals surface area contributed by atoms with Crippen LogP contribution in [0.3, 0.4) is 0 Å². The molecule has 2 heterocycles. The van der Waals surface area contributed by atoms with Crippen LogP contribution in [-0.2, 0) is 17.8 Å². The molecular weight excluding hydrogens is 352 g/mol. The molecule has 0 spiro atoms. The van der Waals surface area contributed by atoms with E-state index >= 15 is 0 Å². The molecule has 1 amide bonds. The first kappa shape index (κ1) is 17.8. The smallest absolute Gasteiger partial charge is 0.220 e. The van der Waals surface area contributed by atoms with Crippen molar-refractivity contribution in [3.8, 4) is 0 Å². The number of carbonyl (C=O) groups excluding carboxylic acids is 1. The van der Waals surface area contributed by atoms with Gasteiger partial charge in [0.2, 0.25) is 5.91 Å². The zero-order chi connectivity index (χ0) is 17.8. The van der Waals surface area contributed by atoms with E-state index in [9.17, 15) is 4.79 Å². The summed E-state index contributed by atoms with van der Waals surface area (Å²) in [4.78, 5) is 25.6. The van der Waals surface area contributed by atoms with Gasteiger partial charge in [-0.3, -0.25) is 4.79 Å². The summed E-state index contributed by atoms with van der Waals surface area (Å²) in [6, 6.07) is 8.00. The molecule has 0 bridgehead atoms. The summed E-state index contributed by atoms with van der Waals surface area (Å²) in [5.74, 6) is 0.0204. The first-order valence-electron chi connectivity index (χ1n) is 8.06. The van der Waals surface area contributed by atoms with Crippen LogP contribution in [0.5, 0.6) is 0 Å². The Kier molecular flexibility index (Phi) is 5.65. The molecule has 0 aliphatic carbocycles. The van der Waals surface area contributed by atoms with Gasteiger partial charge in [-0.2, -0.15) is 0 Å². The van der Waals surface area contributed by atoms with Crippen LogP contribution in [0.25, 0.3) is 10.2 Å². The van der Waals surface area contributed by atoms with Gasteiger partial charge in [0.25, 0.3) is 0 Å². The standard InChI is InChI=1S/C18H20N4OS2/c1-11-13(12(2)21-18(20-11)24-3)8-9-16(23)19-10-17-22-14-6-4-5-7-15(14)25-17/h4-7H,8-10H2,1-3H3,(H,19,23). The fourth-order valence-electron chi connectivity index (χ4n) is 2.66. The molecule has 0 unspecified atom stereocenters. The number of nitrogens with zero attached hydrogens (tertiary/aromatic N) is 3. The lowest BCUT2D eigenvalue weighted by molar-refractivity contribution is -0.121. The molecule has 1 aromatic carbocycles. The van der Waals surface area contributed by atoms with E-state index in [1.54, 1.807) is 11.3 Å². The molecule has 0 saturated carbocycles. The van der Waals surface area contributed by atoms with Gasteiger partial charge in [-0.15, -0.1) is 11.3 Å². The van der Waals surface area contributed by atoms with Crippen LogP contribution < -0.4 is 5.32 Å². The van der Waals surface area contributed by atoms with Gasteiger partial charge in [-0.25, -0.2) is 15.0 Å². The largest absolute Gasteiger partial charge is 0.350 e. The van der Waals surface area contributed by atoms with Gasteiger partial charge in [0.15, 0.2) is 5.16 Å². The minimum Gasteiger partial charge on any atom is -0.350 e. The quantitative estimate of drug-likeness (QED) is 0.528. The number of nitrogens with one attached hydrogen (secondary N) is 1. The van der Waals surface area contributed by atoms with Crippen molar-refractivity contribution in [2.24, 2.45) is 0 Å². The maximum atomic E-state index is 12.2. The molecule has 1 N–H and O–H groups in total. The van der Waals surface area contributed by atoms with E-state index < -0.39 is 0 Å². The predicted octanol–water partition coefficient (Wildman–Crippen LogP) is 3.67. The highest BCUT2D eigenvalue weighted by Crippen LogP contribution is 2.21. The second-order valence-corrected chi connectivity index (χ2v) is 7.60. The van der Waals surface area contributed by atoms with Crippen molar-refractivity contribution in [1.29, 1.82) is 0 Å². The van der Waals surface area contributed by atoms with E-state index in [1.807, 2.05) is 44.4 Å². The van der Waals surface area contributed by atoms with Crippen molar-refractivity contribution in [3.05, 3.63) is 46.2 Å². The number of thioether (sulfide) groups is 1. The Morgan fingerprint density at radius 2 is 1.88 bits per heavy atom. The average molecular weight is 373 g/mol. The van der Waals surface area contributed by atoms with E-state index in [2.05, 4.69) is 20.3 Å². The second-order valence-electron chi connectivity index (χ2n) is 5.71. The van der Waals surface area contributed by atoms with Gasteiger partial charge in [0.05, 0.1) is 16.8 Å². The molecule has 0 atom stereocenters. The number of amides is 1. The average Bonchev–Trinajstić information content (AvgIpc) is 3.02. The SMILES string of the molecule is CSc1nc(C)c(CCC(=O)NCc2nc3ccccc3s2)c(C)n1.